The summed E-state index contributed by atoms with van der Waals surface area (Å²) in [6, 6.07) is 7.97. The van der Waals surface area contributed by atoms with Gasteiger partial charge in [0, 0.05) is 12.6 Å². The van der Waals surface area contributed by atoms with Crippen LogP contribution >= 0.6 is 0 Å². The third-order valence-corrected chi connectivity index (χ3v) is 3.85. The van der Waals surface area contributed by atoms with Crippen molar-refractivity contribution in [3.05, 3.63) is 29.8 Å². The molecule has 2 rings (SSSR count). The van der Waals surface area contributed by atoms with Crippen LogP contribution in [0.4, 0.5) is 0 Å². The first-order valence-corrected chi connectivity index (χ1v) is 7.63. The predicted molar refractivity (Wildman–Crippen MR) is 84.3 cm³/mol. The molecule has 3 N–H and O–H groups in total. The van der Waals surface area contributed by atoms with Crippen molar-refractivity contribution in [2.45, 2.75) is 45.1 Å². The van der Waals surface area contributed by atoms with E-state index in [1.165, 1.54) is 0 Å². The summed E-state index contributed by atoms with van der Waals surface area (Å²) in [5.41, 5.74) is 6.79. The number of nitrogens with two attached hydrogens (primary N) is 1. The summed E-state index contributed by atoms with van der Waals surface area (Å²) in [5.74, 6) is 1.23. The van der Waals surface area contributed by atoms with Gasteiger partial charge in [-0.2, -0.15) is 0 Å². The Morgan fingerprint density at radius 1 is 1.38 bits per heavy atom. The second-order valence-electron chi connectivity index (χ2n) is 6.78. The Labute approximate surface area is 127 Å². The van der Waals surface area contributed by atoms with Gasteiger partial charge in [0.1, 0.15) is 5.75 Å². The lowest BCUT2D eigenvalue weighted by Crippen LogP contribution is -2.43. The summed E-state index contributed by atoms with van der Waals surface area (Å²) >= 11 is 0. The van der Waals surface area contributed by atoms with Gasteiger partial charge in [0.15, 0.2) is 6.61 Å². The Bertz CT molecular complexity index is 490. The van der Waals surface area contributed by atoms with E-state index in [4.69, 9.17) is 10.5 Å². The molecule has 0 heterocycles. The normalized spacial score (nSPS) is 16.4. The van der Waals surface area contributed by atoms with E-state index in [1.54, 1.807) is 0 Å². The molecule has 0 saturated heterocycles. The molecule has 21 heavy (non-hydrogen) atoms. The molecule has 1 fully saturated rings. The number of ether oxygens (including phenoxy) is 1. The van der Waals surface area contributed by atoms with Gasteiger partial charge in [0.05, 0.1) is 0 Å². The first-order chi connectivity index (χ1) is 9.91. The van der Waals surface area contributed by atoms with Crippen molar-refractivity contribution in [2.75, 3.05) is 13.2 Å². The van der Waals surface area contributed by atoms with Gasteiger partial charge in [-0.1, -0.05) is 39.0 Å². The molecule has 1 aromatic carbocycles. The minimum Gasteiger partial charge on any atom is -0.483 e. The number of hydrogen-bond acceptors (Lipinski definition) is 3. The number of carbonyl (C=O) groups is 1. The van der Waals surface area contributed by atoms with E-state index in [0.29, 0.717) is 12.5 Å². The maximum absolute atomic E-state index is 12.0. The molecule has 0 aromatic heterocycles. The highest BCUT2D eigenvalue weighted by molar-refractivity contribution is 5.78. The van der Waals surface area contributed by atoms with Crippen LogP contribution in [0.3, 0.4) is 0 Å². The molecule has 1 unspecified atom stereocenters. The first-order valence-electron chi connectivity index (χ1n) is 7.63. The highest BCUT2D eigenvalue weighted by Gasteiger charge is 2.31. The van der Waals surface area contributed by atoms with Crippen LogP contribution in [0.1, 0.15) is 39.2 Å². The van der Waals surface area contributed by atoms with Gasteiger partial charge < -0.3 is 15.8 Å². The van der Waals surface area contributed by atoms with Crippen molar-refractivity contribution in [3.63, 3.8) is 0 Å². The van der Waals surface area contributed by atoms with E-state index >= 15 is 0 Å². The fourth-order valence-electron chi connectivity index (χ4n) is 2.47. The van der Waals surface area contributed by atoms with Gasteiger partial charge >= 0.3 is 0 Å². The zero-order chi connectivity index (χ0) is 15.5. The van der Waals surface area contributed by atoms with Crippen LogP contribution < -0.4 is 15.8 Å². The highest BCUT2D eigenvalue weighted by atomic mass is 16.5. The number of rotatable bonds is 6. The molecular formula is C17H26N2O2. The highest BCUT2D eigenvalue weighted by Crippen LogP contribution is 2.32. The molecule has 4 nitrogen and oxygen atoms in total. The third kappa shape index (κ3) is 4.46. The largest absolute Gasteiger partial charge is 0.483 e. The van der Waals surface area contributed by atoms with E-state index in [9.17, 15) is 4.79 Å². The van der Waals surface area contributed by atoms with E-state index in [0.717, 1.165) is 24.2 Å². The molecule has 0 aliphatic heterocycles. The summed E-state index contributed by atoms with van der Waals surface area (Å²) in [7, 11) is 0. The molecule has 116 valence electrons. The Balaban J connectivity index is 1.92. The van der Waals surface area contributed by atoms with Crippen molar-refractivity contribution >= 4 is 5.91 Å². The SMILES string of the molecule is CC(C)(C)c1ccccc1OCC(=O)NC(CN)C1CC1. The molecule has 1 aliphatic carbocycles. The fraction of sp³-hybridized carbons (Fsp3) is 0.588. The van der Waals surface area contributed by atoms with Crippen LogP contribution in [0.2, 0.25) is 0 Å². The topological polar surface area (TPSA) is 64.3 Å². The Kier molecular flexibility index (Phi) is 4.88. The van der Waals surface area contributed by atoms with Crippen molar-refractivity contribution < 1.29 is 9.53 Å². The summed E-state index contributed by atoms with van der Waals surface area (Å²) in [5, 5.41) is 2.97. The zero-order valence-electron chi connectivity index (χ0n) is 13.2. The monoisotopic (exact) mass is 290 g/mol. The standard InChI is InChI=1S/C17H26N2O2/c1-17(2,3)13-6-4-5-7-15(13)21-11-16(20)19-14(10-18)12-8-9-12/h4-7,12,14H,8-11,18H2,1-3H3,(H,19,20). The third-order valence-electron chi connectivity index (χ3n) is 3.85. The molecule has 1 aromatic rings. The number of nitrogens with one attached hydrogen (secondary N) is 1. The molecule has 1 atom stereocenters. The molecular weight excluding hydrogens is 264 g/mol. The average Bonchev–Trinajstić information content (AvgIpc) is 3.26. The molecule has 0 radical (unpaired) electrons. The van der Waals surface area contributed by atoms with Gasteiger partial charge in [0.2, 0.25) is 0 Å². The summed E-state index contributed by atoms with van der Waals surface area (Å²) in [6.07, 6.45) is 2.33. The van der Waals surface area contributed by atoms with E-state index in [-0.39, 0.29) is 24.0 Å². The Morgan fingerprint density at radius 2 is 2.05 bits per heavy atom. The van der Waals surface area contributed by atoms with Gasteiger partial charge in [-0.15, -0.1) is 0 Å². The van der Waals surface area contributed by atoms with Crippen LogP contribution in [-0.2, 0) is 10.2 Å². The molecule has 4 heteroatoms. The lowest BCUT2D eigenvalue weighted by molar-refractivity contribution is -0.123. The van der Waals surface area contributed by atoms with Crippen molar-refractivity contribution in [1.29, 1.82) is 0 Å². The van der Waals surface area contributed by atoms with E-state index in [1.807, 2.05) is 24.3 Å². The Morgan fingerprint density at radius 3 is 2.62 bits per heavy atom. The van der Waals surface area contributed by atoms with Crippen molar-refractivity contribution in [1.82, 2.24) is 5.32 Å². The molecule has 0 bridgehead atoms. The van der Waals surface area contributed by atoms with Gasteiger partial charge in [0.25, 0.3) is 5.91 Å². The quantitative estimate of drug-likeness (QED) is 0.844. The average molecular weight is 290 g/mol. The molecule has 1 aliphatic rings. The van der Waals surface area contributed by atoms with E-state index in [2.05, 4.69) is 26.1 Å². The van der Waals surface area contributed by atoms with Gasteiger partial charge in [-0.25, -0.2) is 0 Å². The van der Waals surface area contributed by atoms with Crippen LogP contribution in [0.15, 0.2) is 24.3 Å². The molecule has 1 amide bonds. The minimum atomic E-state index is -0.0962. The summed E-state index contributed by atoms with van der Waals surface area (Å²) < 4.78 is 5.72. The number of para-hydroxylation sites is 1. The lowest BCUT2D eigenvalue weighted by atomic mass is 9.86. The van der Waals surface area contributed by atoms with Crippen LogP contribution in [0, 0.1) is 5.92 Å². The van der Waals surface area contributed by atoms with E-state index < -0.39 is 0 Å². The van der Waals surface area contributed by atoms with Crippen LogP contribution in [0.5, 0.6) is 5.75 Å². The van der Waals surface area contributed by atoms with Crippen LogP contribution in [0.25, 0.3) is 0 Å². The molecule has 0 spiro atoms. The summed E-state index contributed by atoms with van der Waals surface area (Å²) in [6.45, 7) is 6.93. The number of benzene rings is 1. The second-order valence-corrected chi connectivity index (χ2v) is 6.78. The van der Waals surface area contributed by atoms with Crippen LogP contribution in [-0.4, -0.2) is 25.1 Å². The fourth-order valence-corrected chi connectivity index (χ4v) is 2.47. The lowest BCUT2D eigenvalue weighted by Gasteiger charge is -2.23. The van der Waals surface area contributed by atoms with Crippen molar-refractivity contribution in [3.8, 4) is 5.75 Å². The molecule has 1 saturated carbocycles. The second kappa shape index (κ2) is 6.48. The van der Waals surface area contributed by atoms with Gasteiger partial charge in [-0.05, 0) is 35.8 Å². The Hall–Kier alpha value is -1.55. The number of hydrogen-bond donors (Lipinski definition) is 2. The smallest absolute Gasteiger partial charge is 0.258 e. The minimum absolute atomic E-state index is 0.0130. The maximum atomic E-state index is 12.0. The first kappa shape index (κ1) is 15.8. The number of carbonyl (C=O) groups excluding carboxylic acids is 1. The zero-order valence-corrected chi connectivity index (χ0v) is 13.2. The van der Waals surface area contributed by atoms with Crippen molar-refractivity contribution in [2.24, 2.45) is 11.7 Å². The summed E-state index contributed by atoms with van der Waals surface area (Å²) in [4.78, 5) is 12.0. The number of amides is 1. The predicted octanol–water partition coefficient (Wildman–Crippen LogP) is 2.22. The van der Waals surface area contributed by atoms with Gasteiger partial charge in [-0.3, -0.25) is 4.79 Å². The maximum Gasteiger partial charge on any atom is 0.258 e.